The Hall–Kier alpha value is -1.47. The number of carbonyl (C=O) groups excluding carboxylic acids is 1. The van der Waals surface area contributed by atoms with Crippen molar-refractivity contribution in [2.24, 2.45) is 0 Å². The summed E-state index contributed by atoms with van der Waals surface area (Å²) in [4.78, 5) is 17.2. The van der Waals surface area contributed by atoms with Crippen LogP contribution in [0.5, 0.6) is 0 Å². The van der Waals surface area contributed by atoms with Crippen molar-refractivity contribution < 1.29 is 19.5 Å². The Bertz CT molecular complexity index is 396. The van der Waals surface area contributed by atoms with Crippen LogP contribution in [-0.4, -0.2) is 56.5 Å². The highest BCUT2D eigenvalue weighted by Gasteiger charge is 2.32. The average Bonchev–Trinajstić information content (AvgIpc) is 2.83. The van der Waals surface area contributed by atoms with Crippen LogP contribution in [0.15, 0.2) is 4.52 Å². The van der Waals surface area contributed by atoms with Gasteiger partial charge in [0.25, 0.3) is 0 Å². The Morgan fingerprint density at radius 2 is 2.12 bits per heavy atom. The van der Waals surface area contributed by atoms with Crippen molar-refractivity contribution in [3.05, 3.63) is 11.7 Å². The molecule has 2 rings (SSSR count). The number of aromatic nitrogens is 2. The van der Waals surface area contributed by atoms with E-state index in [2.05, 4.69) is 10.1 Å². The number of likely N-dealkylation sites (tertiary alicyclic amines) is 1. The van der Waals surface area contributed by atoms with Gasteiger partial charge in [0.05, 0.1) is 12.2 Å². The number of aliphatic hydroxyl groups is 2. The second-order valence-electron chi connectivity index (χ2n) is 4.17. The van der Waals surface area contributed by atoms with Crippen LogP contribution in [0.1, 0.15) is 18.1 Å². The molecule has 0 bridgehead atoms. The van der Waals surface area contributed by atoms with Gasteiger partial charge in [-0.15, -0.1) is 0 Å². The molecule has 2 N–H and O–H groups in total. The largest absolute Gasteiger partial charge is 0.388 e. The standard InChI is InChI=1S/C10H15N3O4/c1-6-11-9(17-12-6)2-3-10(16)13-4-7(14)8(15)5-13/h7-8,14-15H,2-5H2,1H3. The monoisotopic (exact) mass is 241 g/mol. The number of aliphatic hydroxyl groups excluding tert-OH is 2. The summed E-state index contributed by atoms with van der Waals surface area (Å²) in [7, 11) is 0. The number of hydrogen-bond acceptors (Lipinski definition) is 6. The van der Waals surface area contributed by atoms with E-state index in [0.717, 1.165) is 0 Å². The van der Waals surface area contributed by atoms with Gasteiger partial charge in [-0.3, -0.25) is 4.79 Å². The molecule has 0 aromatic carbocycles. The minimum absolute atomic E-state index is 0.128. The Balaban J connectivity index is 1.82. The smallest absolute Gasteiger partial charge is 0.227 e. The van der Waals surface area contributed by atoms with Gasteiger partial charge < -0.3 is 19.6 Å². The number of carbonyl (C=O) groups is 1. The van der Waals surface area contributed by atoms with Crippen molar-refractivity contribution in [2.45, 2.75) is 32.0 Å². The van der Waals surface area contributed by atoms with Crippen LogP contribution < -0.4 is 0 Å². The van der Waals surface area contributed by atoms with Crippen LogP contribution in [0.4, 0.5) is 0 Å². The summed E-state index contributed by atoms with van der Waals surface area (Å²) in [5.74, 6) is 0.840. The second kappa shape index (κ2) is 4.80. The Kier molecular flexibility index (Phi) is 3.39. The third-order valence-electron chi connectivity index (χ3n) is 2.73. The van der Waals surface area contributed by atoms with Crippen molar-refractivity contribution in [1.82, 2.24) is 15.0 Å². The average molecular weight is 241 g/mol. The van der Waals surface area contributed by atoms with E-state index in [0.29, 0.717) is 18.1 Å². The summed E-state index contributed by atoms with van der Waals surface area (Å²) >= 11 is 0. The molecule has 1 aliphatic rings. The van der Waals surface area contributed by atoms with Gasteiger partial charge >= 0.3 is 0 Å². The summed E-state index contributed by atoms with van der Waals surface area (Å²) in [6, 6.07) is 0. The van der Waals surface area contributed by atoms with E-state index in [1.54, 1.807) is 6.92 Å². The van der Waals surface area contributed by atoms with E-state index in [1.807, 2.05) is 0 Å². The number of β-amino-alcohol motifs (C(OH)–C–C–N with tert-alkyl or cyclic N) is 2. The number of amides is 1. The molecule has 0 radical (unpaired) electrons. The summed E-state index contributed by atoms with van der Waals surface area (Å²) < 4.78 is 4.89. The second-order valence-corrected chi connectivity index (χ2v) is 4.17. The lowest BCUT2D eigenvalue weighted by atomic mass is 10.3. The lowest BCUT2D eigenvalue weighted by Crippen LogP contribution is -2.29. The zero-order chi connectivity index (χ0) is 12.4. The van der Waals surface area contributed by atoms with Gasteiger partial charge in [0.2, 0.25) is 11.8 Å². The van der Waals surface area contributed by atoms with Crippen LogP contribution in [-0.2, 0) is 11.2 Å². The molecule has 1 aliphatic heterocycles. The summed E-state index contributed by atoms with van der Waals surface area (Å²) in [5.41, 5.74) is 0. The fourth-order valence-corrected chi connectivity index (χ4v) is 1.79. The van der Waals surface area contributed by atoms with E-state index in [9.17, 15) is 15.0 Å². The zero-order valence-corrected chi connectivity index (χ0v) is 9.54. The number of nitrogens with zero attached hydrogens (tertiary/aromatic N) is 3. The Morgan fingerprint density at radius 1 is 1.47 bits per heavy atom. The highest BCUT2D eigenvalue weighted by Crippen LogP contribution is 2.12. The van der Waals surface area contributed by atoms with Crippen LogP contribution in [0.2, 0.25) is 0 Å². The van der Waals surface area contributed by atoms with Gasteiger partial charge in [-0.25, -0.2) is 0 Å². The van der Waals surface area contributed by atoms with E-state index in [1.165, 1.54) is 4.90 Å². The molecule has 1 amide bonds. The quantitative estimate of drug-likeness (QED) is 0.695. The third-order valence-corrected chi connectivity index (χ3v) is 2.73. The van der Waals surface area contributed by atoms with E-state index >= 15 is 0 Å². The summed E-state index contributed by atoms with van der Waals surface area (Å²) in [6.45, 7) is 2.08. The molecule has 17 heavy (non-hydrogen) atoms. The van der Waals surface area contributed by atoms with Crippen molar-refractivity contribution in [1.29, 1.82) is 0 Å². The molecule has 7 nitrogen and oxygen atoms in total. The highest BCUT2D eigenvalue weighted by atomic mass is 16.5. The van der Waals surface area contributed by atoms with Crippen molar-refractivity contribution in [3.8, 4) is 0 Å². The first-order chi connectivity index (χ1) is 8.06. The minimum Gasteiger partial charge on any atom is -0.388 e. The maximum Gasteiger partial charge on any atom is 0.227 e. The molecule has 2 atom stereocenters. The van der Waals surface area contributed by atoms with Gasteiger partial charge in [0, 0.05) is 25.9 Å². The third kappa shape index (κ3) is 2.80. The summed E-state index contributed by atoms with van der Waals surface area (Å²) in [6.07, 6.45) is -1.07. The lowest BCUT2D eigenvalue weighted by molar-refractivity contribution is -0.130. The molecular weight excluding hydrogens is 226 g/mol. The first-order valence-electron chi connectivity index (χ1n) is 5.49. The van der Waals surface area contributed by atoms with E-state index < -0.39 is 12.2 Å². The Labute approximate surface area is 98.0 Å². The first-order valence-corrected chi connectivity index (χ1v) is 5.49. The molecule has 1 saturated heterocycles. The zero-order valence-electron chi connectivity index (χ0n) is 9.54. The molecule has 0 spiro atoms. The number of hydrogen-bond donors (Lipinski definition) is 2. The molecule has 1 aromatic heterocycles. The van der Waals surface area contributed by atoms with Crippen molar-refractivity contribution >= 4 is 5.91 Å². The maximum atomic E-state index is 11.7. The molecule has 1 aromatic rings. The van der Waals surface area contributed by atoms with Crippen LogP contribution in [0, 0.1) is 6.92 Å². The molecule has 0 aliphatic carbocycles. The van der Waals surface area contributed by atoms with Crippen molar-refractivity contribution in [2.75, 3.05) is 13.1 Å². The molecule has 7 heteroatoms. The fourth-order valence-electron chi connectivity index (χ4n) is 1.79. The van der Waals surface area contributed by atoms with Crippen LogP contribution in [0.25, 0.3) is 0 Å². The molecule has 94 valence electrons. The molecule has 2 heterocycles. The molecule has 1 fully saturated rings. The molecule has 0 saturated carbocycles. The maximum absolute atomic E-state index is 11.7. The topological polar surface area (TPSA) is 99.7 Å². The van der Waals surface area contributed by atoms with E-state index in [-0.39, 0.29) is 25.4 Å². The van der Waals surface area contributed by atoms with Crippen molar-refractivity contribution in [3.63, 3.8) is 0 Å². The van der Waals surface area contributed by atoms with Gasteiger partial charge in [0.15, 0.2) is 5.82 Å². The fraction of sp³-hybridized carbons (Fsp3) is 0.700. The highest BCUT2D eigenvalue weighted by molar-refractivity contribution is 5.76. The molecule has 2 unspecified atom stereocenters. The predicted molar refractivity (Wildman–Crippen MR) is 55.9 cm³/mol. The van der Waals surface area contributed by atoms with E-state index in [4.69, 9.17) is 4.52 Å². The van der Waals surface area contributed by atoms with Gasteiger partial charge in [-0.2, -0.15) is 4.98 Å². The van der Waals surface area contributed by atoms with Crippen LogP contribution in [0.3, 0.4) is 0 Å². The normalized spacial score (nSPS) is 24.3. The predicted octanol–water partition coefficient (Wildman–Crippen LogP) is -1.13. The SMILES string of the molecule is Cc1noc(CCC(=O)N2CC(O)C(O)C2)n1. The first kappa shape index (κ1) is 12.0. The minimum atomic E-state index is -0.843. The van der Waals surface area contributed by atoms with Gasteiger partial charge in [0.1, 0.15) is 0 Å². The van der Waals surface area contributed by atoms with Gasteiger partial charge in [-0.1, -0.05) is 5.16 Å². The van der Waals surface area contributed by atoms with Gasteiger partial charge in [-0.05, 0) is 6.92 Å². The summed E-state index contributed by atoms with van der Waals surface area (Å²) in [5, 5.41) is 22.3. The molecular formula is C10H15N3O4. The number of aryl methyl sites for hydroxylation is 2. The van der Waals surface area contributed by atoms with Crippen LogP contribution >= 0.6 is 0 Å². The number of rotatable bonds is 3. The Morgan fingerprint density at radius 3 is 2.65 bits per heavy atom. The lowest BCUT2D eigenvalue weighted by Gasteiger charge is -2.14.